The lowest BCUT2D eigenvalue weighted by molar-refractivity contribution is 0.0272. The van der Waals surface area contributed by atoms with Crippen LogP contribution in [0.2, 0.25) is 0 Å². The third-order valence-corrected chi connectivity index (χ3v) is 5.00. The summed E-state index contributed by atoms with van der Waals surface area (Å²) in [5.74, 6) is -1.24. The lowest BCUT2D eigenvalue weighted by Crippen LogP contribution is -2.50. The van der Waals surface area contributed by atoms with Gasteiger partial charge in [0, 0.05) is 19.6 Å². The van der Waals surface area contributed by atoms with Gasteiger partial charge in [0.1, 0.15) is 0 Å². The van der Waals surface area contributed by atoms with Gasteiger partial charge in [-0.1, -0.05) is 12.1 Å². The summed E-state index contributed by atoms with van der Waals surface area (Å²) in [4.78, 5) is 27.8. The molecule has 2 amide bonds. The molecule has 124 valence electrons. The predicted molar refractivity (Wildman–Crippen MR) is 81.1 cm³/mol. The molecule has 1 fully saturated rings. The number of ether oxygens (including phenoxy) is 1. The van der Waals surface area contributed by atoms with E-state index in [1.807, 2.05) is 0 Å². The average Bonchev–Trinajstić information content (AvgIpc) is 2.78. The molecule has 9 heteroatoms. The van der Waals surface area contributed by atoms with Crippen LogP contribution < -0.4 is 4.83 Å². The van der Waals surface area contributed by atoms with Crippen molar-refractivity contribution in [3.63, 3.8) is 0 Å². The Morgan fingerprint density at radius 2 is 1.61 bits per heavy atom. The maximum atomic E-state index is 12.2. The minimum absolute atomic E-state index is 0.175. The molecule has 0 radical (unpaired) electrons. The van der Waals surface area contributed by atoms with Crippen LogP contribution in [-0.2, 0) is 14.8 Å². The van der Waals surface area contributed by atoms with E-state index in [4.69, 9.17) is 4.74 Å². The van der Waals surface area contributed by atoms with E-state index in [2.05, 4.69) is 4.83 Å². The molecule has 1 saturated heterocycles. The van der Waals surface area contributed by atoms with Gasteiger partial charge in [-0.05, 0) is 12.1 Å². The molecule has 2 heterocycles. The van der Waals surface area contributed by atoms with Gasteiger partial charge < -0.3 is 4.74 Å². The fourth-order valence-electron chi connectivity index (χ4n) is 2.55. The van der Waals surface area contributed by atoms with E-state index in [1.165, 1.54) is 0 Å². The highest BCUT2D eigenvalue weighted by Crippen LogP contribution is 2.22. The van der Waals surface area contributed by atoms with Crippen molar-refractivity contribution in [1.29, 1.82) is 0 Å². The molecular weight excluding hydrogens is 322 g/mol. The molecule has 0 unspecified atom stereocenters. The maximum absolute atomic E-state index is 12.2. The summed E-state index contributed by atoms with van der Waals surface area (Å²) in [6, 6.07) is 6.47. The molecule has 1 N–H and O–H groups in total. The molecule has 0 saturated carbocycles. The summed E-state index contributed by atoms with van der Waals surface area (Å²) in [6.07, 6.45) is 0. The monoisotopic (exact) mass is 339 g/mol. The van der Waals surface area contributed by atoms with E-state index < -0.39 is 21.8 Å². The van der Waals surface area contributed by atoms with Crippen LogP contribution in [0, 0.1) is 0 Å². The van der Waals surface area contributed by atoms with Crippen LogP contribution in [-0.4, -0.2) is 68.7 Å². The molecule has 8 nitrogen and oxygen atoms in total. The summed E-state index contributed by atoms with van der Waals surface area (Å²) in [6.45, 7) is 1.67. The van der Waals surface area contributed by atoms with Crippen molar-refractivity contribution >= 4 is 21.8 Å². The minimum Gasteiger partial charge on any atom is -0.379 e. The van der Waals surface area contributed by atoms with E-state index in [-0.39, 0.29) is 12.3 Å². The minimum atomic E-state index is -3.63. The van der Waals surface area contributed by atoms with Crippen LogP contribution in [0.1, 0.15) is 20.7 Å². The highest BCUT2D eigenvalue weighted by molar-refractivity contribution is 7.89. The zero-order valence-corrected chi connectivity index (χ0v) is 13.2. The largest absolute Gasteiger partial charge is 0.379 e. The van der Waals surface area contributed by atoms with E-state index in [0.29, 0.717) is 37.4 Å². The summed E-state index contributed by atoms with van der Waals surface area (Å²) < 4.78 is 29.3. The van der Waals surface area contributed by atoms with Crippen LogP contribution >= 0.6 is 0 Å². The predicted octanol–water partition coefficient (Wildman–Crippen LogP) is -0.551. The van der Waals surface area contributed by atoms with E-state index in [9.17, 15) is 18.0 Å². The van der Waals surface area contributed by atoms with Gasteiger partial charge in [0.2, 0.25) is 10.0 Å². The molecule has 1 aromatic carbocycles. The molecule has 0 aliphatic carbocycles. The van der Waals surface area contributed by atoms with E-state index in [1.54, 1.807) is 29.3 Å². The second-order valence-electron chi connectivity index (χ2n) is 5.32. The normalized spacial score (nSPS) is 19.2. The fourth-order valence-corrected chi connectivity index (χ4v) is 3.64. The van der Waals surface area contributed by atoms with Gasteiger partial charge in [-0.25, -0.2) is 13.4 Å². The number of benzene rings is 1. The highest BCUT2D eigenvalue weighted by atomic mass is 32.2. The first-order valence-electron chi connectivity index (χ1n) is 7.26. The first-order chi connectivity index (χ1) is 11.0. The lowest BCUT2D eigenvalue weighted by atomic mass is 10.1. The van der Waals surface area contributed by atoms with Crippen molar-refractivity contribution in [2.24, 2.45) is 0 Å². The number of fused-ring (bicyclic) bond motifs is 1. The number of nitrogens with one attached hydrogen (secondary N) is 1. The van der Waals surface area contributed by atoms with Crippen LogP contribution in [0.15, 0.2) is 24.3 Å². The Kier molecular flexibility index (Phi) is 4.44. The molecule has 0 atom stereocenters. The van der Waals surface area contributed by atoms with Crippen molar-refractivity contribution in [1.82, 2.24) is 14.7 Å². The van der Waals surface area contributed by atoms with Crippen molar-refractivity contribution < 1.29 is 22.7 Å². The van der Waals surface area contributed by atoms with Gasteiger partial charge in [0.15, 0.2) is 0 Å². The van der Waals surface area contributed by atoms with Gasteiger partial charge >= 0.3 is 0 Å². The molecule has 3 rings (SSSR count). The van der Waals surface area contributed by atoms with Crippen molar-refractivity contribution in [3.05, 3.63) is 35.4 Å². The Labute approximate surface area is 134 Å². The third kappa shape index (κ3) is 3.42. The van der Waals surface area contributed by atoms with Crippen LogP contribution in [0.3, 0.4) is 0 Å². The fraction of sp³-hybridized carbons (Fsp3) is 0.429. The highest BCUT2D eigenvalue weighted by Gasteiger charge is 2.35. The number of imide groups is 1. The number of carbonyl (C=O) groups is 2. The SMILES string of the molecule is O=C1c2ccccc2C(=O)N1CCS(=O)(=O)NN1CCOCC1. The van der Waals surface area contributed by atoms with Crippen molar-refractivity contribution in [3.8, 4) is 0 Å². The Balaban J connectivity index is 1.62. The molecule has 0 aromatic heterocycles. The number of nitrogens with zero attached hydrogens (tertiary/aromatic N) is 2. The van der Waals surface area contributed by atoms with Gasteiger partial charge in [-0.15, -0.1) is 4.83 Å². The molecule has 2 aliphatic rings. The third-order valence-electron chi connectivity index (χ3n) is 3.74. The molecule has 2 aliphatic heterocycles. The zero-order valence-electron chi connectivity index (χ0n) is 12.4. The summed E-state index contributed by atoms with van der Waals surface area (Å²) >= 11 is 0. The Morgan fingerprint density at radius 3 is 2.17 bits per heavy atom. The van der Waals surface area contributed by atoms with E-state index in [0.717, 1.165) is 4.90 Å². The topological polar surface area (TPSA) is 96.0 Å². The molecular formula is C14H17N3O5S. The van der Waals surface area contributed by atoms with E-state index >= 15 is 0 Å². The summed E-state index contributed by atoms with van der Waals surface area (Å²) in [5, 5.41) is 1.56. The summed E-state index contributed by atoms with van der Waals surface area (Å²) in [7, 11) is -3.63. The second kappa shape index (κ2) is 6.36. The van der Waals surface area contributed by atoms with Gasteiger partial charge in [-0.2, -0.15) is 0 Å². The average molecular weight is 339 g/mol. The second-order valence-corrected chi connectivity index (χ2v) is 7.14. The lowest BCUT2D eigenvalue weighted by Gasteiger charge is -2.27. The summed E-state index contributed by atoms with van der Waals surface area (Å²) in [5.41, 5.74) is 0.632. The Morgan fingerprint density at radius 1 is 1.04 bits per heavy atom. The number of carbonyl (C=O) groups excluding carboxylic acids is 2. The quantitative estimate of drug-likeness (QED) is 0.723. The number of rotatable bonds is 5. The molecule has 1 aromatic rings. The number of hydrogen-bond acceptors (Lipinski definition) is 6. The molecule has 0 spiro atoms. The van der Waals surface area contributed by atoms with Crippen LogP contribution in [0.25, 0.3) is 0 Å². The van der Waals surface area contributed by atoms with Crippen LogP contribution in [0.4, 0.5) is 0 Å². The first kappa shape index (κ1) is 16.1. The Hall–Kier alpha value is -1.81. The standard InChI is InChI=1S/C14H17N3O5S/c18-13-11-3-1-2-4-12(11)14(19)17(13)7-10-23(20,21)15-16-5-8-22-9-6-16/h1-4,15H,5-10H2. The van der Waals surface area contributed by atoms with Crippen molar-refractivity contribution in [2.45, 2.75) is 0 Å². The first-order valence-corrected chi connectivity index (χ1v) is 8.91. The maximum Gasteiger partial charge on any atom is 0.261 e. The van der Waals surface area contributed by atoms with Crippen molar-refractivity contribution in [2.75, 3.05) is 38.6 Å². The Bertz CT molecular complexity index is 693. The molecule has 23 heavy (non-hydrogen) atoms. The number of hydrogen-bond donors (Lipinski definition) is 1. The van der Waals surface area contributed by atoms with Gasteiger partial charge in [0.05, 0.1) is 30.1 Å². The number of amides is 2. The molecule has 0 bridgehead atoms. The number of morpholine rings is 1. The van der Waals surface area contributed by atoms with Crippen LogP contribution in [0.5, 0.6) is 0 Å². The zero-order chi connectivity index (χ0) is 16.4. The number of sulfonamides is 1. The van der Waals surface area contributed by atoms with Gasteiger partial charge in [0.25, 0.3) is 11.8 Å². The smallest absolute Gasteiger partial charge is 0.261 e. The number of hydrazine groups is 1. The van der Waals surface area contributed by atoms with Gasteiger partial charge in [-0.3, -0.25) is 14.5 Å².